The molecule has 8 nitrogen and oxygen atoms in total. The predicted molar refractivity (Wildman–Crippen MR) is 94.0 cm³/mol. The van der Waals surface area contributed by atoms with E-state index < -0.39 is 11.0 Å². The van der Waals surface area contributed by atoms with Crippen LogP contribution in [0.1, 0.15) is 20.8 Å². The first-order valence-corrected chi connectivity index (χ1v) is 8.14. The average molecular weight is 404 g/mol. The van der Waals surface area contributed by atoms with Crippen LogP contribution in [0.3, 0.4) is 0 Å². The highest BCUT2D eigenvalue weighted by Gasteiger charge is 2.26. The molecule has 1 aromatic carbocycles. The Morgan fingerprint density at radius 3 is 2.54 bits per heavy atom. The van der Waals surface area contributed by atoms with E-state index in [0.29, 0.717) is 29.7 Å². The molecule has 2 rings (SSSR count). The zero-order valence-corrected chi connectivity index (χ0v) is 15.4. The van der Waals surface area contributed by atoms with Crippen LogP contribution in [0, 0.1) is 10.1 Å². The van der Waals surface area contributed by atoms with E-state index in [1.807, 2.05) is 20.8 Å². The fourth-order valence-electron chi connectivity index (χ4n) is 1.93. The summed E-state index contributed by atoms with van der Waals surface area (Å²) in [4.78, 5) is 20.1. The predicted octanol–water partition coefficient (Wildman–Crippen LogP) is 2.06. The lowest BCUT2D eigenvalue weighted by molar-refractivity contribution is -0.384. The molecule has 1 aliphatic heterocycles. The Balaban J connectivity index is 0.000000351. The quantitative estimate of drug-likeness (QED) is 0.400. The third-order valence-corrected chi connectivity index (χ3v) is 3.57. The number of β-amino-alcohol motifs (C(OH)–C–C–N with tert-alkyl or cyclic N) is 1. The highest BCUT2D eigenvalue weighted by molar-refractivity contribution is 9.10. The lowest BCUT2D eigenvalue weighted by Crippen LogP contribution is -2.32. The van der Waals surface area contributed by atoms with Gasteiger partial charge in [-0.15, -0.1) is 0 Å². The molecule has 134 valence electrons. The smallest absolute Gasteiger partial charge is 0.293 e. The van der Waals surface area contributed by atoms with Crippen LogP contribution in [-0.2, 0) is 9.53 Å². The van der Waals surface area contributed by atoms with Crippen LogP contribution < -0.4 is 10.6 Å². The number of anilines is 1. The normalized spacial score (nSPS) is 19.9. The molecule has 0 radical (unpaired) electrons. The SMILES string of the molecule is CC(C)(C)OC=O.O=[N+]([O-])c1cc(Br)ccc1NC1CNCC1O. The number of nitrogens with one attached hydrogen (secondary N) is 2. The molecule has 1 fully saturated rings. The molecular weight excluding hydrogens is 382 g/mol. The first-order chi connectivity index (χ1) is 11.1. The number of hydrogen-bond donors (Lipinski definition) is 3. The summed E-state index contributed by atoms with van der Waals surface area (Å²) in [5.74, 6) is 0. The number of hydrogen-bond acceptors (Lipinski definition) is 7. The molecule has 0 aromatic heterocycles. The van der Waals surface area contributed by atoms with Gasteiger partial charge in [0.15, 0.2) is 0 Å². The van der Waals surface area contributed by atoms with Crippen molar-refractivity contribution >= 4 is 33.8 Å². The second-order valence-electron chi connectivity index (χ2n) is 6.22. The monoisotopic (exact) mass is 403 g/mol. The van der Waals surface area contributed by atoms with Gasteiger partial charge < -0.3 is 20.5 Å². The van der Waals surface area contributed by atoms with Crippen LogP contribution >= 0.6 is 15.9 Å². The molecule has 0 bridgehead atoms. The largest absolute Gasteiger partial charge is 0.462 e. The van der Waals surface area contributed by atoms with Crippen LogP contribution in [0.5, 0.6) is 0 Å². The maximum Gasteiger partial charge on any atom is 0.293 e. The number of aliphatic hydroxyl groups excluding tert-OH is 1. The standard InChI is InChI=1S/C10H12BrN3O3.C5H10O2/c11-6-1-2-7(9(3-6)14(16)17)13-8-4-12-5-10(8)15;1-5(2,3)7-4-6/h1-3,8,10,12-13,15H,4-5H2;4H,1-3H3. The Labute approximate surface area is 148 Å². The Kier molecular flexibility index (Phi) is 7.59. The fraction of sp³-hybridized carbons (Fsp3) is 0.533. The maximum atomic E-state index is 10.9. The van der Waals surface area contributed by atoms with Gasteiger partial charge in [-0.1, -0.05) is 15.9 Å². The highest BCUT2D eigenvalue weighted by atomic mass is 79.9. The van der Waals surface area contributed by atoms with Crippen LogP contribution in [-0.4, -0.2) is 47.3 Å². The molecule has 9 heteroatoms. The number of nitro groups is 1. The summed E-state index contributed by atoms with van der Waals surface area (Å²) in [5, 5.41) is 26.5. The summed E-state index contributed by atoms with van der Waals surface area (Å²) in [6.07, 6.45) is -0.529. The number of benzene rings is 1. The zero-order chi connectivity index (χ0) is 18.3. The Morgan fingerprint density at radius 2 is 2.12 bits per heavy atom. The van der Waals surface area contributed by atoms with Crippen molar-refractivity contribution in [1.82, 2.24) is 5.32 Å². The van der Waals surface area contributed by atoms with Gasteiger partial charge in [-0.2, -0.15) is 0 Å². The summed E-state index contributed by atoms with van der Waals surface area (Å²) >= 11 is 3.20. The molecule has 1 aromatic rings. The summed E-state index contributed by atoms with van der Waals surface area (Å²) in [6.45, 7) is 7.01. The minimum Gasteiger partial charge on any atom is -0.462 e. The summed E-state index contributed by atoms with van der Waals surface area (Å²) in [7, 11) is 0. The van der Waals surface area contributed by atoms with Crippen LogP contribution in [0.15, 0.2) is 22.7 Å². The zero-order valence-electron chi connectivity index (χ0n) is 13.8. The number of carbonyl (C=O) groups is 1. The van der Waals surface area contributed by atoms with Crippen molar-refractivity contribution in [3.63, 3.8) is 0 Å². The Hall–Kier alpha value is -1.71. The van der Waals surface area contributed by atoms with E-state index in [1.165, 1.54) is 6.07 Å². The first kappa shape index (κ1) is 20.3. The highest BCUT2D eigenvalue weighted by Crippen LogP contribution is 2.29. The van der Waals surface area contributed by atoms with Gasteiger partial charge in [0.1, 0.15) is 11.3 Å². The number of halogens is 1. The summed E-state index contributed by atoms with van der Waals surface area (Å²) < 4.78 is 5.20. The van der Waals surface area contributed by atoms with E-state index >= 15 is 0 Å². The number of aliphatic hydroxyl groups is 1. The van der Waals surface area contributed by atoms with E-state index in [-0.39, 0.29) is 17.3 Å². The van der Waals surface area contributed by atoms with Gasteiger partial charge in [0, 0.05) is 23.6 Å². The second kappa shape index (κ2) is 8.95. The van der Waals surface area contributed by atoms with Crippen molar-refractivity contribution in [3.8, 4) is 0 Å². The van der Waals surface area contributed by atoms with Crippen LogP contribution in [0.25, 0.3) is 0 Å². The third kappa shape index (κ3) is 6.81. The van der Waals surface area contributed by atoms with Gasteiger partial charge in [0.2, 0.25) is 0 Å². The lowest BCUT2D eigenvalue weighted by Gasteiger charge is -2.16. The number of ether oxygens (including phenoxy) is 1. The Bertz CT molecular complexity index is 577. The fourth-order valence-corrected chi connectivity index (χ4v) is 2.28. The first-order valence-electron chi connectivity index (χ1n) is 7.35. The lowest BCUT2D eigenvalue weighted by atomic mass is 10.2. The number of nitro benzene ring substituents is 1. The molecular formula is C15H22BrN3O5. The molecule has 2 unspecified atom stereocenters. The molecule has 0 spiro atoms. The second-order valence-corrected chi connectivity index (χ2v) is 7.14. The number of nitrogens with zero attached hydrogens (tertiary/aromatic N) is 1. The van der Waals surface area contributed by atoms with E-state index in [9.17, 15) is 20.0 Å². The molecule has 0 aliphatic carbocycles. The molecule has 2 atom stereocenters. The van der Waals surface area contributed by atoms with Crippen molar-refractivity contribution in [1.29, 1.82) is 0 Å². The van der Waals surface area contributed by atoms with Crippen molar-refractivity contribution in [3.05, 3.63) is 32.8 Å². The van der Waals surface area contributed by atoms with E-state index in [0.717, 1.165) is 0 Å². The molecule has 1 heterocycles. The third-order valence-electron chi connectivity index (χ3n) is 3.08. The van der Waals surface area contributed by atoms with Crippen molar-refractivity contribution in [2.75, 3.05) is 18.4 Å². The van der Waals surface area contributed by atoms with Crippen molar-refractivity contribution in [2.45, 2.75) is 38.5 Å². The van der Waals surface area contributed by atoms with E-state index in [2.05, 4.69) is 31.3 Å². The molecule has 24 heavy (non-hydrogen) atoms. The maximum absolute atomic E-state index is 10.9. The number of carbonyl (C=O) groups excluding carboxylic acids is 1. The topological polar surface area (TPSA) is 114 Å². The molecule has 1 aliphatic rings. The van der Waals surface area contributed by atoms with Gasteiger partial charge in [-0.25, -0.2) is 0 Å². The Morgan fingerprint density at radius 1 is 1.46 bits per heavy atom. The minimum atomic E-state index is -0.529. The molecule has 0 saturated carbocycles. The van der Waals surface area contributed by atoms with Crippen molar-refractivity contribution < 1.29 is 19.6 Å². The van der Waals surface area contributed by atoms with Gasteiger partial charge in [0.05, 0.1) is 17.1 Å². The van der Waals surface area contributed by atoms with Gasteiger partial charge in [0.25, 0.3) is 12.2 Å². The van der Waals surface area contributed by atoms with Crippen molar-refractivity contribution in [2.24, 2.45) is 0 Å². The van der Waals surface area contributed by atoms with E-state index in [4.69, 9.17) is 0 Å². The van der Waals surface area contributed by atoms with Crippen LogP contribution in [0.2, 0.25) is 0 Å². The van der Waals surface area contributed by atoms with Gasteiger partial charge in [-0.3, -0.25) is 14.9 Å². The molecule has 1 saturated heterocycles. The average Bonchev–Trinajstić information content (AvgIpc) is 2.85. The van der Waals surface area contributed by atoms with Gasteiger partial charge in [-0.05, 0) is 32.9 Å². The minimum absolute atomic E-state index is 0.00141. The molecule has 0 amide bonds. The number of rotatable bonds is 4. The van der Waals surface area contributed by atoms with Crippen LogP contribution in [0.4, 0.5) is 11.4 Å². The van der Waals surface area contributed by atoms with E-state index in [1.54, 1.807) is 12.1 Å². The summed E-state index contributed by atoms with van der Waals surface area (Å²) in [6, 6.07) is 4.60. The molecule has 3 N–H and O–H groups in total. The van der Waals surface area contributed by atoms with Gasteiger partial charge >= 0.3 is 0 Å². The summed E-state index contributed by atoms with van der Waals surface area (Å²) in [5.41, 5.74) is 0.103.